The molecule has 4 rings (SSSR count). The number of benzene rings is 3. The van der Waals surface area contributed by atoms with Crippen molar-refractivity contribution in [1.82, 2.24) is 9.88 Å². The van der Waals surface area contributed by atoms with Crippen molar-refractivity contribution in [1.29, 1.82) is 0 Å². The smallest absolute Gasteiger partial charge is 0.341 e. The zero-order valence-electron chi connectivity index (χ0n) is 18.7. The first-order valence-corrected chi connectivity index (χ1v) is 11.4. The summed E-state index contributed by atoms with van der Waals surface area (Å²) in [5, 5.41) is 20.5. The Hall–Kier alpha value is -3.62. The molecule has 174 valence electrons. The van der Waals surface area contributed by atoms with Gasteiger partial charge in [0.05, 0.1) is 22.5 Å². The van der Waals surface area contributed by atoms with Crippen LogP contribution in [0.25, 0.3) is 10.9 Å². The Morgan fingerprint density at radius 3 is 2.41 bits per heavy atom. The minimum atomic E-state index is -1.04. The van der Waals surface area contributed by atoms with Gasteiger partial charge in [0.15, 0.2) is 12.5 Å². The fourth-order valence-electron chi connectivity index (χ4n) is 3.68. The predicted octanol–water partition coefficient (Wildman–Crippen LogP) is 5.33. The van der Waals surface area contributed by atoms with Gasteiger partial charge in [-0.25, -0.2) is 9.79 Å². The number of aromatic nitrogens is 1. The van der Waals surface area contributed by atoms with Gasteiger partial charge in [-0.15, -0.1) is 0 Å². The van der Waals surface area contributed by atoms with Crippen LogP contribution in [0.3, 0.4) is 0 Å². The van der Waals surface area contributed by atoms with E-state index in [1.165, 1.54) is 5.56 Å². The molecule has 0 aliphatic carbocycles. The second-order valence-electron chi connectivity index (χ2n) is 8.11. The Morgan fingerprint density at radius 1 is 1.06 bits per heavy atom. The molecule has 0 aliphatic rings. The third-order valence-electron chi connectivity index (χ3n) is 5.14. The van der Waals surface area contributed by atoms with E-state index >= 15 is 0 Å². The van der Waals surface area contributed by atoms with Crippen molar-refractivity contribution in [2.45, 2.75) is 6.54 Å². The van der Waals surface area contributed by atoms with E-state index in [0.717, 1.165) is 33.2 Å². The molecule has 0 radical (unpaired) electrons. The number of aromatic amines is 1. The number of aliphatic carboxylic acids is 1. The maximum absolute atomic E-state index is 10.8. The molecule has 34 heavy (non-hydrogen) atoms. The molecule has 3 N–H and O–H groups in total. The summed E-state index contributed by atoms with van der Waals surface area (Å²) in [7, 11) is 4.04. The number of aromatic hydroxyl groups is 1. The van der Waals surface area contributed by atoms with Gasteiger partial charge in [-0.3, -0.25) is 0 Å². The number of ether oxygens (including phenoxy) is 1. The van der Waals surface area contributed by atoms with Crippen molar-refractivity contribution in [3.63, 3.8) is 0 Å². The zero-order chi connectivity index (χ0) is 24.2. The number of nitrogens with one attached hydrogen (secondary N) is 1. The van der Waals surface area contributed by atoms with Gasteiger partial charge in [-0.1, -0.05) is 34.1 Å². The number of rotatable bonds is 8. The van der Waals surface area contributed by atoms with E-state index in [9.17, 15) is 9.90 Å². The van der Waals surface area contributed by atoms with Gasteiger partial charge in [0, 0.05) is 22.0 Å². The van der Waals surface area contributed by atoms with Crippen molar-refractivity contribution in [3.05, 3.63) is 87.9 Å². The third-order valence-corrected chi connectivity index (χ3v) is 5.64. The molecule has 4 aromatic rings. The molecule has 0 atom stereocenters. The fraction of sp³-hybridized carbons (Fsp3) is 0.154. The minimum absolute atomic E-state index is 0.0160. The summed E-state index contributed by atoms with van der Waals surface area (Å²) in [6.45, 7) is 0.407. The average Bonchev–Trinajstić information content (AvgIpc) is 3.11. The normalized spacial score (nSPS) is 11.8. The number of aliphatic imine (C=N–C) groups is 1. The van der Waals surface area contributed by atoms with Crippen LogP contribution < -0.4 is 4.74 Å². The topological polar surface area (TPSA) is 98.2 Å². The lowest BCUT2D eigenvalue weighted by molar-refractivity contribution is -0.139. The largest absolute Gasteiger partial charge is 0.494 e. The number of H-pyrrole nitrogens is 1. The van der Waals surface area contributed by atoms with E-state index in [4.69, 9.17) is 14.8 Å². The third kappa shape index (κ3) is 5.47. The predicted molar refractivity (Wildman–Crippen MR) is 136 cm³/mol. The molecule has 0 spiro atoms. The number of carboxylic acid groups (broad SMARTS) is 1. The molecule has 0 fully saturated rings. The van der Waals surface area contributed by atoms with Crippen molar-refractivity contribution >= 4 is 44.2 Å². The van der Waals surface area contributed by atoms with Crippen LogP contribution >= 0.6 is 15.9 Å². The van der Waals surface area contributed by atoms with Crippen LogP contribution in [0, 0.1) is 0 Å². The molecule has 1 heterocycles. The molecular weight excluding hydrogens is 498 g/mol. The summed E-state index contributed by atoms with van der Waals surface area (Å²) in [6.07, 6.45) is 0. The Kier molecular flexibility index (Phi) is 7.00. The first-order valence-electron chi connectivity index (χ1n) is 10.6. The van der Waals surface area contributed by atoms with E-state index in [1.54, 1.807) is 24.3 Å². The average molecular weight is 522 g/mol. The van der Waals surface area contributed by atoms with Crippen molar-refractivity contribution in [3.8, 4) is 11.6 Å². The number of carbonyl (C=O) groups is 1. The second kappa shape index (κ2) is 10.1. The minimum Gasteiger partial charge on any atom is -0.494 e. The number of hydrogen-bond acceptors (Lipinski definition) is 5. The number of fused-ring (bicyclic) bond motifs is 1. The van der Waals surface area contributed by atoms with Gasteiger partial charge in [0.2, 0.25) is 0 Å². The van der Waals surface area contributed by atoms with Gasteiger partial charge in [0.25, 0.3) is 0 Å². The Bertz CT molecular complexity index is 1340. The number of halogens is 1. The van der Waals surface area contributed by atoms with E-state index in [0.29, 0.717) is 17.0 Å². The summed E-state index contributed by atoms with van der Waals surface area (Å²) in [5.41, 5.74) is 4.60. The molecule has 7 nitrogen and oxygen atoms in total. The Balaban J connectivity index is 1.80. The number of hydrogen-bond donors (Lipinski definition) is 3. The standard InChI is InChI=1S/C26H24BrN3O4/c1-30(2)14-16-3-8-19(9-4-16)28-25(17-5-10-20(11-6-17)34-15-23(31)32)24-21-12-7-18(27)13-22(21)29-26(24)33/h3-13,29,33H,14-15H2,1-2H3,(H,31,32). The van der Waals surface area contributed by atoms with Gasteiger partial charge >= 0.3 is 5.97 Å². The molecular formula is C26H24BrN3O4. The molecule has 3 aromatic carbocycles. The highest BCUT2D eigenvalue weighted by Gasteiger charge is 2.19. The molecule has 0 amide bonds. The van der Waals surface area contributed by atoms with E-state index < -0.39 is 12.6 Å². The monoisotopic (exact) mass is 521 g/mol. The summed E-state index contributed by atoms with van der Waals surface area (Å²) in [4.78, 5) is 20.8. The summed E-state index contributed by atoms with van der Waals surface area (Å²) >= 11 is 3.47. The molecule has 8 heteroatoms. The molecule has 0 unspecified atom stereocenters. The van der Waals surface area contributed by atoms with Gasteiger partial charge in [0.1, 0.15) is 5.75 Å². The second-order valence-corrected chi connectivity index (χ2v) is 9.03. The van der Waals surface area contributed by atoms with Crippen LogP contribution in [0.5, 0.6) is 11.6 Å². The van der Waals surface area contributed by atoms with Crippen LogP contribution in [0.2, 0.25) is 0 Å². The highest BCUT2D eigenvalue weighted by atomic mass is 79.9. The Labute approximate surface area is 205 Å². The molecule has 0 aliphatic heterocycles. The SMILES string of the molecule is CN(C)Cc1ccc(N=C(c2ccc(OCC(=O)O)cc2)c2c(O)[nH]c3cc(Br)ccc23)cc1. The lowest BCUT2D eigenvalue weighted by Crippen LogP contribution is -2.10. The molecule has 1 aromatic heterocycles. The highest BCUT2D eigenvalue weighted by molar-refractivity contribution is 9.10. The Morgan fingerprint density at radius 2 is 1.76 bits per heavy atom. The van der Waals surface area contributed by atoms with Crippen molar-refractivity contribution in [2.75, 3.05) is 20.7 Å². The van der Waals surface area contributed by atoms with Crippen molar-refractivity contribution < 1.29 is 19.7 Å². The van der Waals surface area contributed by atoms with Crippen LogP contribution in [0.4, 0.5) is 5.69 Å². The highest BCUT2D eigenvalue weighted by Crippen LogP contribution is 2.33. The van der Waals surface area contributed by atoms with Gasteiger partial charge in [-0.2, -0.15) is 0 Å². The van der Waals surface area contributed by atoms with E-state index in [2.05, 4.69) is 25.8 Å². The van der Waals surface area contributed by atoms with Crippen LogP contribution in [0.1, 0.15) is 16.7 Å². The maximum atomic E-state index is 10.8. The molecule has 0 bridgehead atoms. The van der Waals surface area contributed by atoms with Crippen molar-refractivity contribution in [2.24, 2.45) is 4.99 Å². The van der Waals surface area contributed by atoms with Crippen LogP contribution in [-0.2, 0) is 11.3 Å². The van der Waals surface area contributed by atoms with E-state index in [-0.39, 0.29) is 5.88 Å². The lowest BCUT2D eigenvalue weighted by Gasteiger charge is -2.11. The number of nitrogens with zero attached hydrogens (tertiary/aromatic N) is 2. The summed E-state index contributed by atoms with van der Waals surface area (Å²) in [6, 6.07) is 20.7. The molecule has 0 saturated heterocycles. The number of carboxylic acids is 1. The maximum Gasteiger partial charge on any atom is 0.341 e. The lowest BCUT2D eigenvalue weighted by atomic mass is 10.0. The fourth-order valence-corrected chi connectivity index (χ4v) is 4.05. The zero-order valence-corrected chi connectivity index (χ0v) is 20.3. The van der Waals surface area contributed by atoms with Gasteiger partial charge in [-0.05, 0) is 68.2 Å². The van der Waals surface area contributed by atoms with Crippen LogP contribution in [0.15, 0.2) is 76.2 Å². The quantitative estimate of drug-likeness (QED) is 0.272. The first-order chi connectivity index (χ1) is 16.3. The summed E-state index contributed by atoms with van der Waals surface area (Å²) in [5.74, 6) is -0.591. The van der Waals surface area contributed by atoms with E-state index in [1.807, 2.05) is 56.6 Å². The first kappa shape index (κ1) is 23.5. The van der Waals surface area contributed by atoms with Gasteiger partial charge < -0.3 is 24.8 Å². The molecule has 0 saturated carbocycles. The summed E-state index contributed by atoms with van der Waals surface area (Å²) < 4.78 is 6.15. The van der Waals surface area contributed by atoms with Crippen LogP contribution in [-0.4, -0.2) is 52.5 Å².